The first-order valence-corrected chi connectivity index (χ1v) is 4.82. The highest BCUT2D eigenvalue weighted by Crippen LogP contribution is 2.31. The molecule has 2 aromatic carbocycles. The zero-order valence-corrected chi connectivity index (χ0v) is 8.54. The second-order valence-corrected chi connectivity index (χ2v) is 3.37. The maximum absolute atomic E-state index is 13.3. The Balaban J connectivity index is 2.32. The second-order valence-electron chi connectivity index (χ2n) is 2.97. The minimum absolute atomic E-state index is 0.0605. The summed E-state index contributed by atoms with van der Waals surface area (Å²) in [6.07, 6.45) is 0. The van der Waals surface area contributed by atoms with Crippen LogP contribution < -0.4 is 4.74 Å². The van der Waals surface area contributed by atoms with Gasteiger partial charge in [0, 0.05) is 0 Å². The highest BCUT2D eigenvalue weighted by molar-refractivity contribution is 6.32. The summed E-state index contributed by atoms with van der Waals surface area (Å²) in [7, 11) is 0. The Morgan fingerprint density at radius 2 is 1.67 bits per heavy atom. The Hall–Kier alpha value is -1.54. The van der Waals surface area contributed by atoms with Crippen LogP contribution in [0, 0.1) is 5.82 Å². The number of para-hydroxylation sites is 2. The molecule has 0 atom stereocenters. The van der Waals surface area contributed by atoms with Crippen LogP contribution in [0.4, 0.5) is 4.39 Å². The first-order chi connectivity index (χ1) is 7.27. The zero-order chi connectivity index (χ0) is 10.7. The molecule has 0 bridgehead atoms. The summed E-state index contributed by atoms with van der Waals surface area (Å²) in [5, 5.41) is 0.263. The molecule has 0 spiro atoms. The van der Waals surface area contributed by atoms with Crippen LogP contribution in [0.2, 0.25) is 5.02 Å². The van der Waals surface area contributed by atoms with Crippen molar-refractivity contribution < 1.29 is 9.13 Å². The van der Waals surface area contributed by atoms with E-state index in [1.54, 1.807) is 18.2 Å². The molecule has 0 heterocycles. The van der Waals surface area contributed by atoms with Gasteiger partial charge in [-0.2, -0.15) is 0 Å². The molecule has 0 aliphatic rings. The molecule has 0 aliphatic carbocycles. The van der Waals surface area contributed by atoms with Gasteiger partial charge in [0.25, 0.3) is 0 Å². The van der Waals surface area contributed by atoms with Crippen molar-refractivity contribution in [1.29, 1.82) is 0 Å². The van der Waals surface area contributed by atoms with E-state index in [2.05, 4.69) is 0 Å². The fraction of sp³-hybridized carbons (Fsp3) is 0. The highest BCUT2D eigenvalue weighted by atomic mass is 35.5. The smallest absolute Gasteiger partial charge is 0.181 e. The van der Waals surface area contributed by atoms with E-state index in [0.717, 1.165) is 0 Å². The van der Waals surface area contributed by atoms with Gasteiger partial charge in [0.2, 0.25) is 0 Å². The molecule has 0 radical (unpaired) electrons. The Bertz CT molecular complexity index is 436. The topological polar surface area (TPSA) is 9.23 Å². The third-order valence-corrected chi connectivity index (χ3v) is 2.18. The normalized spacial score (nSPS) is 10.0. The monoisotopic (exact) mass is 222 g/mol. The second kappa shape index (κ2) is 4.32. The fourth-order valence-electron chi connectivity index (χ4n) is 1.19. The van der Waals surface area contributed by atoms with Gasteiger partial charge in [0.05, 0.1) is 5.02 Å². The lowest BCUT2D eigenvalue weighted by atomic mass is 10.3. The number of hydrogen-bond donors (Lipinski definition) is 0. The van der Waals surface area contributed by atoms with E-state index < -0.39 is 5.82 Å². The molecule has 3 heteroatoms. The highest BCUT2D eigenvalue weighted by Gasteiger charge is 2.08. The van der Waals surface area contributed by atoms with Crippen LogP contribution in [0.25, 0.3) is 0 Å². The fourth-order valence-corrected chi connectivity index (χ4v) is 1.39. The molecule has 0 saturated carbocycles. The van der Waals surface area contributed by atoms with Crippen LogP contribution in [-0.4, -0.2) is 0 Å². The van der Waals surface area contributed by atoms with Crippen molar-refractivity contribution in [2.45, 2.75) is 0 Å². The standard InChI is InChI=1S/C12H8ClFO/c13-10-7-4-8-11(14)12(10)15-9-5-2-1-3-6-9/h1-8H. The predicted molar refractivity (Wildman–Crippen MR) is 57.9 cm³/mol. The number of benzene rings is 2. The summed E-state index contributed by atoms with van der Waals surface area (Å²) < 4.78 is 18.7. The van der Waals surface area contributed by atoms with Crippen LogP contribution in [0.5, 0.6) is 11.5 Å². The molecule has 0 N–H and O–H groups in total. The lowest BCUT2D eigenvalue weighted by Crippen LogP contribution is -1.88. The summed E-state index contributed by atoms with van der Waals surface area (Å²) in [4.78, 5) is 0. The van der Waals surface area contributed by atoms with Gasteiger partial charge in [-0.1, -0.05) is 35.9 Å². The number of halogens is 2. The Kier molecular flexibility index (Phi) is 2.88. The van der Waals surface area contributed by atoms with Crippen molar-refractivity contribution >= 4 is 11.6 Å². The maximum Gasteiger partial charge on any atom is 0.181 e. The molecule has 0 amide bonds. The average molecular weight is 223 g/mol. The average Bonchev–Trinajstić information content (AvgIpc) is 2.25. The third-order valence-electron chi connectivity index (χ3n) is 1.88. The SMILES string of the molecule is Fc1cccc(Cl)c1Oc1ccccc1. The summed E-state index contributed by atoms with van der Waals surface area (Å²) in [5.41, 5.74) is 0. The molecular formula is C12H8ClFO. The lowest BCUT2D eigenvalue weighted by molar-refractivity contribution is 0.442. The van der Waals surface area contributed by atoms with Gasteiger partial charge in [-0.15, -0.1) is 0 Å². The van der Waals surface area contributed by atoms with Gasteiger partial charge in [0.1, 0.15) is 5.75 Å². The van der Waals surface area contributed by atoms with Gasteiger partial charge < -0.3 is 4.74 Å². The van der Waals surface area contributed by atoms with E-state index >= 15 is 0 Å². The first-order valence-electron chi connectivity index (χ1n) is 4.44. The van der Waals surface area contributed by atoms with E-state index in [1.807, 2.05) is 18.2 Å². The van der Waals surface area contributed by atoms with Crippen LogP contribution in [0.15, 0.2) is 48.5 Å². The van der Waals surface area contributed by atoms with Gasteiger partial charge in [-0.3, -0.25) is 0 Å². The van der Waals surface area contributed by atoms with E-state index in [1.165, 1.54) is 12.1 Å². The molecule has 0 aromatic heterocycles. The summed E-state index contributed by atoms with van der Waals surface area (Å²) in [6.45, 7) is 0. The predicted octanol–water partition coefficient (Wildman–Crippen LogP) is 4.27. The van der Waals surface area contributed by atoms with Gasteiger partial charge in [0.15, 0.2) is 11.6 Å². The molecule has 2 aromatic rings. The molecule has 0 unspecified atom stereocenters. The summed E-state index contributed by atoms with van der Waals surface area (Å²) >= 11 is 5.81. The van der Waals surface area contributed by atoms with E-state index in [0.29, 0.717) is 5.75 Å². The molecular weight excluding hydrogens is 215 g/mol. The Morgan fingerprint density at radius 1 is 0.933 bits per heavy atom. The maximum atomic E-state index is 13.3. The number of rotatable bonds is 2. The van der Waals surface area contributed by atoms with E-state index in [-0.39, 0.29) is 10.8 Å². The number of ether oxygens (including phenoxy) is 1. The van der Waals surface area contributed by atoms with Gasteiger partial charge in [-0.25, -0.2) is 4.39 Å². The van der Waals surface area contributed by atoms with Crippen LogP contribution >= 0.6 is 11.6 Å². The van der Waals surface area contributed by atoms with Gasteiger partial charge in [-0.05, 0) is 24.3 Å². The first kappa shape index (κ1) is 9.99. The number of hydrogen-bond acceptors (Lipinski definition) is 1. The van der Waals surface area contributed by atoms with E-state index in [9.17, 15) is 4.39 Å². The van der Waals surface area contributed by atoms with Crippen molar-refractivity contribution in [2.75, 3.05) is 0 Å². The zero-order valence-electron chi connectivity index (χ0n) is 7.78. The van der Waals surface area contributed by atoms with Gasteiger partial charge >= 0.3 is 0 Å². The quantitative estimate of drug-likeness (QED) is 0.737. The van der Waals surface area contributed by atoms with Crippen molar-refractivity contribution in [1.82, 2.24) is 0 Å². The molecule has 0 aliphatic heterocycles. The van der Waals surface area contributed by atoms with Crippen LogP contribution in [0.3, 0.4) is 0 Å². The van der Waals surface area contributed by atoms with Crippen molar-refractivity contribution in [3.63, 3.8) is 0 Å². The summed E-state index contributed by atoms with van der Waals surface area (Å²) in [5.74, 6) is 0.154. The van der Waals surface area contributed by atoms with Crippen molar-refractivity contribution in [3.8, 4) is 11.5 Å². The lowest BCUT2D eigenvalue weighted by Gasteiger charge is -2.07. The largest absolute Gasteiger partial charge is 0.453 e. The molecule has 15 heavy (non-hydrogen) atoms. The third kappa shape index (κ3) is 2.28. The molecule has 76 valence electrons. The van der Waals surface area contributed by atoms with E-state index in [4.69, 9.17) is 16.3 Å². The molecule has 0 saturated heterocycles. The molecule has 2 rings (SSSR count). The molecule has 0 fully saturated rings. The minimum Gasteiger partial charge on any atom is -0.453 e. The summed E-state index contributed by atoms with van der Waals surface area (Å²) in [6, 6.07) is 13.4. The van der Waals surface area contributed by atoms with Crippen molar-refractivity contribution in [2.24, 2.45) is 0 Å². The Morgan fingerprint density at radius 3 is 2.33 bits per heavy atom. The van der Waals surface area contributed by atoms with Crippen LogP contribution in [0.1, 0.15) is 0 Å². The van der Waals surface area contributed by atoms with Crippen molar-refractivity contribution in [3.05, 3.63) is 59.4 Å². The molecule has 1 nitrogen and oxygen atoms in total. The Labute approximate surface area is 92.1 Å². The minimum atomic E-state index is -0.466. The van der Waals surface area contributed by atoms with Crippen LogP contribution in [-0.2, 0) is 0 Å².